The van der Waals surface area contributed by atoms with E-state index in [-0.39, 0.29) is 15.8 Å². The molecule has 1 unspecified atom stereocenters. The van der Waals surface area contributed by atoms with E-state index < -0.39 is 22.0 Å². The molecule has 2 aliphatic rings. The van der Waals surface area contributed by atoms with Gasteiger partial charge in [-0.3, -0.25) is 9.48 Å². The Morgan fingerprint density at radius 2 is 1.92 bits per heavy atom. The Bertz CT molecular complexity index is 757. The number of carboxylic acids is 1. The number of rotatable bonds is 3. The lowest BCUT2D eigenvalue weighted by atomic mass is 9.73. The third-order valence-corrected chi connectivity index (χ3v) is 7.32. The summed E-state index contributed by atoms with van der Waals surface area (Å²) in [4.78, 5) is 11.8. The van der Waals surface area contributed by atoms with Crippen LogP contribution in [-0.2, 0) is 20.4 Å². The van der Waals surface area contributed by atoms with Gasteiger partial charge in [0.25, 0.3) is 0 Å². The molecular formula is C17H27N3O4S. The fourth-order valence-electron chi connectivity index (χ4n) is 4.09. The number of aliphatic carboxylic acids is 1. The molecule has 1 saturated carbocycles. The molecule has 1 aliphatic carbocycles. The topological polar surface area (TPSA) is 92.5 Å². The van der Waals surface area contributed by atoms with Crippen molar-refractivity contribution in [3.8, 4) is 0 Å². The van der Waals surface area contributed by atoms with Gasteiger partial charge in [-0.25, -0.2) is 8.42 Å². The van der Waals surface area contributed by atoms with Crippen LogP contribution < -0.4 is 0 Å². The number of hydrogen-bond acceptors (Lipinski definition) is 4. The molecule has 1 aromatic rings. The lowest BCUT2D eigenvalue weighted by molar-refractivity contribution is -0.140. The first kappa shape index (κ1) is 18.4. The SMILES string of the molecule is CC(C)(C)n1cc(S(=O)(=O)N2CC3(CCCCC3)CC2C(=O)O)cn1. The number of carbonyl (C=O) groups is 1. The molecule has 1 spiro atoms. The molecule has 8 heteroatoms. The summed E-state index contributed by atoms with van der Waals surface area (Å²) in [5, 5.41) is 13.8. The predicted octanol–water partition coefficient (Wildman–Crippen LogP) is 2.44. The summed E-state index contributed by atoms with van der Waals surface area (Å²) in [6.07, 6.45) is 8.28. The maximum atomic E-state index is 13.1. The van der Waals surface area contributed by atoms with Crippen LogP contribution in [0.1, 0.15) is 59.3 Å². The minimum Gasteiger partial charge on any atom is -0.480 e. The molecule has 1 N–H and O–H groups in total. The lowest BCUT2D eigenvalue weighted by Crippen LogP contribution is -2.40. The van der Waals surface area contributed by atoms with Gasteiger partial charge in [0.2, 0.25) is 10.0 Å². The van der Waals surface area contributed by atoms with Crippen molar-refractivity contribution in [1.82, 2.24) is 14.1 Å². The minimum atomic E-state index is -3.88. The highest BCUT2D eigenvalue weighted by Crippen LogP contribution is 2.47. The Kier molecular flexibility index (Phi) is 4.48. The molecule has 0 bridgehead atoms. The zero-order valence-electron chi connectivity index (χ0n) is 15.1. The second kappa shape index (κ2) is 6.09. The molecule has 1 aliphatic heterocycles. The van der Waals surface area contributed by atoms with Crippen molar-refractivity contribution in [2.24, 2.45) is 5.41 Å². The fraction of sp³-hybridized carbons (Fsp3) is 0.765. The zero-order chi connectivity index (χ0) is 18.5. The number of sulfonamides is 1. The van der Waals surface area contributed by atoms with Crippen LogP contribution >= 0.6 is 0 Å². The number of carboxylic acid groups (broad SMARTS) is 1. The van der Waals surface area contributed by atoms with Gasteiger partial charge >= 0.3 is 5.97 Å². The Labute approximate surface area is 149 Å². The molecular weight excluding hydrogens is 342 g/mol. The zero-order valence-corrected chi connectivity index (χ0v) is 15.9. The Balaban J connectivity index is 1.94. The van der Waals surface area contributed by atoms with Gasteiger partial charge < -0.3 is 5.11 Å². The molecule has 140 valence electrons. The van der Waals surface area contributed by atoms with Crippen molar-refractivity contribution in [3.63, 3.8) is 0 Å². The smallest absolute Gasteiger partial charge is 0.322 e. The normalized spacial score (nSPS) is 24.7. The first-order valence-electron chi connectivity index (χ1n) is 8.85. The van der Waals surface area contributed by atoms with Crippen molar-refractivity contribution in [2.45, 2.75) is 75.8 Å². The lowest BCUT2D eigenvalue weighted by Gasteiger charge is -2.32. The molecule has 7 nitrogen and oxygen atoms in total. The number of hydrogen-bond donors (Lipinski definition) is 1. The van der Waals surface area contributed by atoms with Crippen molar-refractivity contribution >= 4 is 16.0 Å². The van der Waals surface area contributed by atoms with Crippen LogP contribution in [0.2, 0.25) is 0 Å². The molecule has 1 aromatic heterocycles. The highest BCUT2D eigenvalue weighted by Gasteiger charge is 2.52. The van der Waals surface area contributed by atoms with Crippen molar-refractivity contribution in [1.29, 1.82) is 0 Å². The van der Waals surface area contributed by atoms with E-state index in [0.29, 0.717) is 13.0 Å². The second-order valence-corrected chi connectivity index (χ2v) is 10.4. The van der Waals surface area contributed by atoms with Crippen molar-refractivity contribution in [2.75, 3.05) is 6.54 Å². The van der Waals surface area contributed by atoms with E-state index in [1.807, 2.05) is 20.8 Å². The average molecular weight is 369 g/mol. The summed E-state index contributed by atoms with van der Waals surface area (Å²) < 4.78 is 29.0. The maximum Gasteiger partial charge on any atom is 0.322 e. The average Bonchev–Trinajstić information content (AvgIpc) is 3.14. The first-order chi connectivity index (χ1) is 11.6. The molecule has 25 heavy (non-hydrogen) atoms. The van der Waals surface area contributed by atoms with Crippen molar-refractivity contribution in [3.05, 3.63) is 12.4 Å². The van der Waals surface area contributed by atoms with E-state index in [1.165, 1.54) is 16.7 Å². The van der Waals surface area contributed by atoms with E-state index >= 15 is 0 Å². The summed E-state index contributed by atoms with van der Waals surface area (Å²) in [7, 11) is -3.88. The fourth-order valence-corrected chi connectivity index (χ4v) is 5.71. The molecule has 0 radical (unpaired) electrons. The molecule has 0 aromatic carbocycles. The number of nitrogens with zero attached hydrogens (tertiary/aromatic N) is 3. The summed E-state index contributed by atoms with van der Waals surface area (Å²) in [5.74, 6) is -1.06. The highest BCUT2D eigenvalue weighted by molar-refractivity contribution is 7.89. The van der Waals surface area contributed by atoms with Crippen LogP contribution in [0.4, 0.5) is 0 Å². The number of aromatic nitrogens is 2. The predicted molar refractivity (Wildman–Crippen MR) is 92.7 cm³/mol. The van der Waals surface area contributed by atoms with Crippen LogP contribution in [0.15, 0.2) is 17.3 Å². The van der Waals surface area contributed by atoms with Crippen LogP contribution in [0, 0.1) is 5.41 Å². The van der Waals surface area contributed by atoms with E-state index in [0.717, 1.165) is 32.1 Å². The summed E-state index contributed by atoms with van der Waals surface area (Å²) in [6.45, 7) is 6.10. The second-order valence-electron chi connectivity index (χ2n) is 8.46. The van der Waals surface area contributed by atoms with Crippen LogP contribution in [-0.4, -0.2) is 46.2 Å². The van der Waals surface area contributed by atoms with Gasteiger partial charge in [0.1, 0.15) is 10.9 Å². The maximum absolute atomic E-state index is 13.1. The molecule has 0 amide bonds. The third-order valence-electron chi connectivity index (χ3n) is 5.52. The Hall–Kier alpha value is -1.41. The van der Waals surface area contributed by atoms with Crippen molar-refractivity contribution < 1.29 is 18.3 Å². The Morgan fingerprint density at radius 3 is 2.44 bits per heavy atom. The molecule has 2 heterocycles. The van der Waals surface area contributed by atoms with E-state index in [1.54, 1.807) is 4.68 Å². The van der Waals surface area contributed by atoms with Gasteiger partial charge in [-0.05, 0) is 45.4 Å². The van der Waals surface area contributed by atoms with Gasteiger partial charge in [-0.2, -0.15) is 9.40 Å². The van der Waals surface area contributed by atoms with Crippen LogP contribution in [0.5, 0.6) is 0 Å². The molecule has 3 rings (SSSR count). The Morgan fingerprint density at radius 1 is 1.28 bits per heavy atom. The van der Waals surface area contributed by atoms with Gasteiger partial charge in [0, 0.05) is 12.7 Å². The van der Waals surface area contributed by atoms with Gasteiger partial charge in [0.05, 0.1) is 11.7 Å². The van der Waals surface area contributed by atoms with Gasteiger partial charge in [0.15, 0.2) is 0 Å². The van der Waals surface area contributed by atoms with Gasteiger partial charge in [-0.1, -0.05) is 19.3 Å². The quantitative estimate of drug-likeness (QED) is 0.883. The standard InChI is InChI=1S/C17H27N3O4S/c1-16(2,3)20-11-13(10-18-20)25(23,24)19-12-17(7-5-4-6-8-17)9-14(19)15(21)22/h10-11,14H,4-9,12H2,1-3H3,(H,21,22). The summed E-state index contributed by atoms with van der Waals surface area (Å²) in [5.41, 5.74) is -0.524. The summed E-state index contributed by atoms with van der Waals surface area (Å²) in [6, 6.07) is -0.985. The largest absolute Gasteiger partial charge is 0.480 e. The summed E-state index contributed by atoms with van der Waals surface area (Å²) >= 11 is 0. The minimum absolute atomic E-state index is 0.0709. The molecule has 1 saturated heterocycles. The monoisotopic (exact) mass is 369 g/mol. The highest BCUT2D eigenvalue weighted by atomic mass is 32.2. The van der Waals surface area contributed by atoms with Gasteiger partial charge in [-0.15, -0.1) is 0 Å². The third kappa shape index (κ3) is 3.33. The van der Waals surface area contributed by atoms with E-state index in [2.05, 4.69) is 5.10 Å². The van der Waals surface area contributed by atoms with E-state index in [4.69, 9.17) is 0 Å². The first-order valence-corrected chi connectivity index (χ1v) is 10.3. The van der Waals surface area contributed by atoms with Crippen LogP contribution in [0.25, 0.3) is 0 Å². The molecule has 1 atom stereocenters. The van der Waals surface area contributed by atoms with E-state index in [9.17, 15) is 18.3 Å². The molecule has 2 fully saturated rings. The van der Waals surface area contributed by atoms with Crippen LogP contribution in [0.3, 0.4) is 0 Å².